The van der Waals surface area contributed by atoms with Crippen molar-refractivity contribution in [2.75, 3.05) is 6.61 Å². The Balaban J connectivity index is 2.42. The van der Waals surface area contributed by atoms with Crippen LogP contribution in [0.4, 0.5) is 4.39 Å². The monoisotopic (exact) mass is 244 g/mol. The zero-order valence-corrected chi connectivity index (χ0v) is 10.6. The Morgan fingerprint density at radius 2 is 2.12 bits per heavy atom. The predicted octanol–water partition coefficient (Wildman–Crippen LogP) is 4.38. The summed E-state index contributed by atoms with van der Waals surface area (Å²) in [5.74, 6) is 0.970. The Kier molecular flexibility index (Phi) is 5.61. The molecule has 0 aromatic heterocycles. The minimum absolute atomic E-state index is 0.317. The fourth-order valence-electron chi connectivity index (χ4n) is 1.42. The van der Waals surface area contributed by atoms with E-state index in [4.69, 9.17) is 16.3 Å². The van der Waals surface area contributed by atoms with Crippen LogP contribution in [0.2, 0.25) is 0 Å². The molecule has 0 amide bonds. The first kappa shape index (κ1) is 13.3. The number of benzene rings is 1. The first-order valence-electron chi connectivity index (χ1n) is 5.60. The molecule has 3 heteroatoms. The molecule has 0 bridgehead atoms. The first-order chi connectivity index (χ1) is 7.63. The third-order valence-electron chi connectivity index (χ3n) is 2.33. The number of hydrogen-bond donors (Lipinski definition) is 0. The van der Waals surface area contributed by atoms with E-state index in [0.29, 0.717) is 24.2 Å². The maximum absolute atomic E-state index is 13.4. The molecule has 16 heavy (non-hydrogen) atoms. The van der Waals surface area contributed by atoms with Gasteiger partial charge in [-0.2, -0.15) is 0 Å². The fraction of sp³-hybridized carbons (Fsp3) is 0.538. The highest BCUT2D eigenvalue weighted by Gasteiger charge is 2.04. The van der Waals surface area contributed by atoms with Crippen molar-refractivity contribution < 1.29 is 9.13 Å². The summed E-state index contributed by atoms with van der Waals surface area (Å²) in [6.45, 7) is 4.89. The zero-order valence-electron chi connectivity index (χ0n) is 9.80. The van der Waals surface area contributed by atoms with E-state index in [9.17, 15) is 4.39 Å². The Bertz CT molecular complexity index is 326. The van der Waals surface area contributed by atoms with Crippen LogP contribution < -0.4 is 4.74 Å². The van der Waals surface area contributed by atoms with Gasteiger partial charge in [0.2, 0.25) is 0 Å². The number of alkyl halides is 1. The van der Waals surface area contributed by atoms with Crippen molar-refractivity contribution in [1.29, 1.82) is 0 Å². The van der Waals surface area contributed by atoms with E-state index in [1.165, 1.54) is 6.07 Å². The molecule has 0 aliphatic rings. The van der Waals surface area contributed by atoms with Gasteiger partial charge in [-0.3, -0.25) is 0 Å². The van der Waals surface area contributed by atoms with Gasteiger partial charge >= 0.3 is 0 Å². The van der Waals surface area contributed by atoms with Crippen LogP contribution in [0.15, 0.2) is 18.2 Å². The van der Waals surface area contributed by atoms with E-state index in [1.54, 1.807) is 12.1 Å². The van der Waals surface area contributed by atoms with Gasteiger partial charge in [-0.15, -0.1) is 11.6 Å². The van der Waals surface area contributed by atoms with Crippen LogP contribution in [0.3, 0.4) is 0 Å². The number of ether oxygens (including phenoxy) is 1. The zero-order chi connectivity index (χ0) is 12.0. The van der Waals surface area contributed by atoms with Crippen LogP contribution in [-0.2, 0) is 5.88 Å². The Labute approximate surface area is 102 Å². The van der Waals surface area contributed by atoms with Gasteiger partial charge in [0.05, 0.1) is 6.61 Å². The van der Waals surface area contributed by atoms with Gasteiger partial charge in [0, 0.05) is 5.88 Å². The fourth-order valence-corrected chi connectivity index (χ4v) is 1.58. The second-order valence-corrected chi connectivity index (χ2v) is 4.55. The van der Waals surface area contributed by atoms with E-state index < -0.39 is 0 Å². The molecule has 1 aromatic carbocycles. The van der Waals surface area contributed by atoms with Gasteiger partial charge in [0.25, 0.3) is 0 Å². The molecule has 1 nitrogen and oxygen atoms in total. The van der Waals surface area contributed by atoms with Crippen molar-refractivity contribution in [3.63, 3.8) is 0 Å². The van der Waals surface area contributed by atoms with Crippen LogP contribution in [0.25, 0.3) is 0 Å². The highest BCUT2D eigenvalue weighted by atomic mass is 35.5. The van der Waals surface area contributed by atoms with E-state index in [0.717, 1.165) is 18.4 Å². The van der Waals surface area contributed by atoms with Crippen LogP contribution in [0.1, 0.15) is 32.3 Å². The molecule has 0 fully saturated rings. The molecule has 1 aromatic rings. The minimum Gasteiger partial charge on any atom is -0.491 e. The summed E-state index contributed by atoms with van der Waals surface area (Å²) in [5.41, 5.74) is 0.772. The van der Waals surface area contributed by atoms with Gasteiger partial charge < -0.3 is 4.74 Å². The highest BCUT2D eigenvalue weighted by Crippen LogP contribution is 2.19. The number of rotatable bonds is 6. The van der Waals surface area contributed by atoms with Crippen LogP contribution in [0, 0.1) is 11.7 Å². The lowest BCUT2D eigenvalue weighted by molar-refractivity contribution is 0.284. The summed E-state index contributed by atoms with van der Waals surface area (Å²) in [4.78, 5) is 0. The topological polar surface area (TPSA) is 9.23 Å². The molecular weight excluding hydrogens is 227 g/mol. The molecule has 90 valence electrons. The largest absolute Gasteiger partial charge is 0.491 e. The Morgan fingerprint density at radius 1 is 1.38 bits per heavy atom. The molecule has 0 aliphatic heterocycles. The van der Waals surface area contributed by atoms with Gasteiger partial charge in [0.15, 0.2) is 11.6 Å². The third-order valence-corrected chi connectivity index (χ3v) is 2.64. The van der Waals surface area contributed by atoms with Crippen LogP contribution >= 0.6 is 11.6 Å². The summed E-state index contributed by atoms with van der Waals surface area (Å²) >= 11 is 5.61. The van der Waals surface area contributed by atoms with Gasteiger partial charge in [-0.05, 0) is 36.5 Å². The molecule has 0 heterocycles. The van der Waals surface area contributed by atoms with Crippen molar-refractivity contribution in [3.05, 3.63) is 29.6 Å². The second kappa shape index (κ2) is 6.74. The molecule has 1 rings (SSSR count). The van der Waals surface area contributed by atoms with Crippen molar-refractivity contribution in [2.45, 2.75) is 32.6 Å². The lowest BCUT2D eigenvalue weighted by atomic mass is 10.1. The lowest BCUT2D eigenvalue weighted by Gasteiger charge is -2.09. The molecule has 0 saturated heterocycles. The van der Waals surface area contributed by atoms with Crippen molar-refractivity contribution in [1.82, 2.24) is 0 Å². The molecular formula is C13H18ClFO. The first-order valence-corrected chi connectivity index (χ1v) is 6.14. The van der Waals surface area contributed by atoms with Crippen molar-refractivity contribution in [3.8, 4) is 5.75 Å². The predicted molar refractivity (Wildman–Crippen MR) is 65.5 cm³/mol. The average Bonchev–Trinajstić information content (AvgIpc) is 2.25. The van der Waals surface area contributed by atoms with Gasteiger partial charge in [-0.1, -0.05) is 19.9 Å². The minimum atomic E-state index is -0.331. The third kappa shape index (κ3) is 4.40. The van der Waals surface area contributed by atoms with Crippen LogP contribution in [-0.4, -0.2) is 6.61 Å². The summed E-state index contributed by atoms with van der Waals surface area (Å²) in [6, 6.07) is 4.85. The van der Waals surface area contributed by atoms with Crippen molar-refractivity contribution >= 4 is 11.6 Å². The van der Waals surface area contributed by atoms with Crippen LogP contribution in [0.5, 0.6) is 5.75 Å². The molecule has 0 unspecified atom stereocenters. The van der Waals surface area contributed by atoms with E-state index >= 15 is 0 Å². The quantitative estimate of drug-likeness (QED) is 0.533. The molecule has 0 atom stereocenters. The average molecular weight is 245 g/mol. The van der Waals surface area contributed by atoms with E-state index in [1.807, 2.05) is 0 Å². The number of halogens is 2. The summed E-state index contributed by atoms with van der Waals surface area (Å²) in [7, 11) is 0. The van der Waals surface area contributed by atoms with Gasteiger partial charge in [0.1, 0.15) is 0 Å². The summed E-state index contributed by atoms with van der Waals surface area (Å²) in [5, 5.41) is 0. The van der Waals surface area contributed by atoms with Crippen molar-refractivity contribution in [2.24, 2.45) is 5.92 Å². The second-order valence-electron chi connectivity index (χ2n) is 4.28. The SMILES string of the molecule is CC(C)CCCOc1ccc(CCl)cc1F. The summed E-state index contributed by atoms with van der Waals surface area (Å²) < 4.78 is 18.8. The highest BCUT2D eigenvalue weighted by molar-refractivity contribution is 6.17. The smallest absolute Gasteiger partial charge is 0.165 e. The number of hydrogen-bond acceptors (Lipinski definition) is 1. The standard InChI is InChI=1S/C13H18ClFO/c1-10(2)4-3-7-16-13-6-5-11(9-14)8-12(13)15/h5-6,8,10H,3-4,7,9H2,1-2H3. The molecule has 0 N–H and O–H groups in total. The maximum Gasteiger partial charge on any atom is 0.165 e. The molecule has 0 spiro atoms. The van der Waals surface area contributed by atoms with E-state index in [2.05, 4.69) is 13.8 Å². The molecule has 0 saturated carbocycles. The summed E-state index contributed by atoms with van der Waals surface area (Å²) in [6.07, 6.45) is 2.05. The molecule has 0 aliphatic carbocycles. The Morgan fingerprint density at radius 3 is 2.69 bits per heavy atom. The maximum atomic E-state index is 13.4. The normalized spacial score (nSPS) is 10.8. The van der Waals surface area contributed by atoms with E-state index in [-0.39, 0.29) is 5.82 Å². The van der Waals surface area contributed by atoms with Gasteiger partial charge in [-0.25, -0.2) is 4.39 Å². The lowest BCUT2D eigenvalue weighted by Crippen LogP contribution is -2.01. The molecule has 0 radical (unpaired) electrons. The Hall–Kier alpha value is -0.760.